The van der Waals surface area contributed by atoms with Crippen molar-refractivity contribution in [1.29, 1.82) is 0 Å². The molecular formula is C5H12FNO4S2. The minimum atomic E-state index is -4.30. The third-order valence-electron chi connectivity index (χ3n) is 1.38. The van der Waals surface area contributed by atoms with Gasteiger partial charge in [0.15, 0.2) is 0 Å². The summed E-state index contributed by atoms with van der Waals surface area (Å²) in [6, 6.07) is -1.70. The van der Waals surface area contributed by atoms with Crippen LogP contribution >= 0.6 is 0 Å². The lowest BCUT2D eigenvalue weighted by Crippen LogP contribution is -2.35. The van der Waals surface area contributed by atoms with E-state index < -0.39 is 26.1 Å². The Morgan fingerprint density at radius 2 is 1.62 bits per heavy atom. The van der Waals surface area contributed by atoms with E-state index in [0.29, 0.717) is 0 Å². The van der Waals surface area contributed by atoms with Crippen LogP contribution in [0.15, 0.2) is 0 Å². The van der Waals surface area contributed by atoms with E-state index in [-0.39, 0.29) is 15.9 Å². The molecule has 0 aromatic rings. The average molecular weight is 233 g/mol. The molecule has 0 saturated heterocycles. The van der Waals surface area contributed by atoms with Crippen molar-refractivity contribution in [3.63, 3.8) is 0 Å². The second-order valence-corrected chi connectivity index (χ2v) is 6.70. The predicted molar refractivity (Wildman–Crippen MR) is 46.7 cm³/mol. The molecular weight excluding hydrogens is 221 g/mol. The maximum atomic E-state index is 11.9. The fourth-order valence-corrected chi connectivity index (χ4v) is 3.27. The molecule has 5 nitrogen and oxygen atoms in total. The summed E-state index contributed by atoms with van der Waals surface area (Å²) in [6.45, 7) is 1.59. The molecule has 0 aromatic carbocycles. The monoisotopic (exact) mass is 233 g/mol. The zero-order valence-corrected chi connectivity index (χ0v) is 9.03. The van der Waals surface area contributed by atoms with Crippen molar-refractivity contribution in [2.75, 3.05) is 18.8 Å². The van der Waals surface area contributed by atoms with Crippen LogP contribution in [0.1, 0.15) is 13.3 Å². The van der Waals surface area contributed by atoms with Crippen molar-refractivity contribution in [3.05, 3.63) is 0 Å². The standard InChI is InChI=1S/C5H12FNO4S2/c1-3-4-12(8,9)7(2)13(10,11)5-6/h3-5H2,1-2H3. The van der Waals surface area contributed by atoms with Gasteiger partial charge in [-0.3, -0.25) is 0 Å². The lowest BCUT2D eigenvalue weighted by atomic mass is 10.6. The fourth-order valence-electron chi connectivity index (χ4n) is 0.628. The maximum absolute atomic E-state index is 11.9. The molecule has 0 unspecified atom stereocenters. The van der Waals surface area contributed by atoms with E-state index in [2.05, 4.69) is 0 Å². The maximum Gasteiger partial charge on any atom is 0.256 e. The van der Waals surface area contributed by atoms with E-state index in [1.165, 1.54) is 0 Å². The average Bonchev–Trinajstić information content (AvgIpc) is 2.03. The Morgan fingerprint density at radius 1 is 1.15 bits per heavy atom. The van der Waals surface area contributed by atoms with E-state index in [1.54, 1.807) is 6.92 Å². The van der Waals surface area contributed by atoms with Gasteiger partial charge in [-0.05, 0) is 6.42 Å². The highest BCUT2D eigenvalue weighted by molar-refractivity contribution is 8.03. The molecule has 0 rings (SSSR count). The quantitative estimate of drug-likeness (QED) is 0.665. The highest BCUT2D eigenvalue weighted by Crippen LogP contribution is 2.07. The van der Waals surface area contributed by atoms with Crippen LogP contribution in [0, 0.1) is 0 Å². The van der Waals surface area contributed by atoms with Gasteiger partial charge in [-0.1, -0.05) is 10.6 Å². The van der Waals surface area contributed by atoms with E-state index in [4.69, 9.17) is 0 Å². The highest BCUT2D eigenvalue weighted by Gasteiger charge is 2.28. The molecule has 8 heteroatoms. The van der Waals surface area contributed by atoms with Crippen LogP contribution in [-0.4, -0.2) is 39.4 Å². The summed E-state index contributed by atoms with van der Waals surface area (Å²) in [4.78, 5) is 0. The van der Waals surface area contributed by atoms with Gasteiger partial charge in [0.1, 0.15) is 0 Å². The molecule has 0 atom stereocenters. The zero-order valence-electron chi connectivity index (χ0n) is 7.40. The number of halogens is 1. The molecule has 0 amide bonds. The lowest BCUT2D eigenvalue weighted by molar-refractivity contribution is 0.492. The third-order valence-corrected chi connectivity index (χ3v) is 5.51. The highest BCUT2D eigenvalue weighted by atomic mass is 32.3. The smallest absolute Gasteiger partial charge is 0.232 e. The summed E-state index contributed by atoms with van der Waals surface area (Å²) in [5, 5.41) is 0. The Bertz CT molecular complexity index is 347. The number of hydrogen-bond donors (Lipinski definition) is 0. The normalized spacial score (nSPS) is 13.5. The lowest BCUT2D eigenvalue weighted by Gasteiger charge is -2.14. The van der Waals surface area contributed by atoms with Gasteiger partial charge in [0.2, 0.25) is 16.0 Å². The largest absolute Gasteiger partial charge is 0.256 e. The summed E-state index contributed by atoms with van der Waals surface area (Å²) in [5.41, 5.74) is 0. The van der Waals surface area contributed by atoms with Gasteiger partial charge in [-0.25, -0.2) is 21.2 Å². The summed E-state index contributed by atoms with van der Waals surface area (Å²) in [7, 11) is -7.34. The van der Waals surface area contributed by atoms with Gasteiger partial charge in [-0.2, -0.15) is 0 Å². The molecule has 0 saturated carbocycles. The second kappa shape index (κ2) is 4.34. The van der Waals surface area contributed by atoms with E-state index in [1.807, 2.05) is 0 Å². The number of rotatable bonds is 5. The number of alkyl halides is 1. The van der Waals surface area contributed by atoms with Crippen LogP contribution in [0.5, 0.6) is 0 Å². The molecule has 0 bridgehead atoms. The zero-order chi connectivity index (χ0) is 10.7. The second-order valence-electron chi connectivity index (χ2n) is 2.42. The Hall–Kier alpha value is -0.210. The minimum absolute atomic E-state index is 0.0868. The Kier molecular flexibility index (Phi) is 4.27. The fraction of sp³-hybridized carbons (Fsp3) is 1.00. The van der Waals surface area contributed by atoms with Gasteiger partial charge < -0.3 is 0 Å². The number of sulfonamides is 2. The van der Waals surface area contributed by atoms with Crippen LogP contribution in [-0.2, 0) is 20.0 Å². The molecule has 13 heavy (non-hydrogen) atoms. The van der Waals surface area contributed by atoms with Gasteiger partial charge in [0.25, 0.3) is 10.0 Å². The van der Waals surface area contributed by atoms with Crippen molar-refractivity contribution in [2.45, 2.75) is 13.3 Å². The summed E-state index contributed by atoms with van der Waals surface area (Å²) in [6.07, 6.45) is 0.286. The summed E-state index contributed by atoms with van der Waals surface area (Å²) in [5.74, 6) is -0.303. The molecule has 0 aromatic heterocycles. The van der Waals surface area contributed by atoms with Crippen molar-refractivity contribution in [1.82, 2.24) is 3.71 Å². The first-order chi connectivity index (χ1) is 5.78. The van der Waals surface area contributed by atoms with E-state index in [0.717, 1.165) is 7.05 Å². The van der Waals surface area contributed by atoms with Crippen LogP contribution in [0.2, 0.25) is 0 Å². The third kappa shape index (κ3) is 3.20. The van der Waals surface area contributed by atoms with Crippen LogP contribution < -0.4 is 0 Å². The Balaban J connectivity index is 4.91. The van der Waals surface area contributed by atoms with Crippen molar-refractivity contribution >= 4 is 20.0 Å². The molecule has 0 aliphatic carbocycles. The molecule has 0 fully saturated rings. The van der Waals surface area contributed by atoms with E-state index in [9.17, 15) is 21.2 Å². The van der Waals surface area contributed by atoms with Crippen LogP contribution in [0.4, 0.5) is 4.39 Å². The molecule has 0 aliphatic heterocycles. The predicted octanol–water partition coefficient (Wildman–Crippen LogP) is -0.0852. The topological polar surface area (TPSA) is 71.5 Å². The molecule has 80 valence electrons. The van der Waals surface area contributed by atoms with Gasteiger partial charge >= 0.3 is 0 Å². The van der Waals surface area contributed by atoms with Gasteiger partial charge in [-0.15, -0.1) is 0 Å². The summed E-state index contributed by atoms with van der Waals surface area (Å²) >= 11 is 0. The number of nitrogens with zero attached hydrogens (tertiary/aromatic N) is 1. The first-order valence-corrected chi connectivity index (χ1v) is 6.75. The SMILES string of the molecule is CCCS(=O)(=O)N(C)S(=O)(=O)CF. The molecule has 0 radical (unpaired) electrons. The molecule has 0 spiro atoms. The first-order valence-electron chi connectivity index (χ1n) is 3.53. The Morgan fingerprint density at radius 3 is 1.92 bits per heavy atom. The minimum Gasteiger partial charge on any atom is -0.232 e. The van der Waals surface area contributed by atoms with Crippen molar-refractivity contribution in [3.8, 4) is 0 Å². The molecule has 0 heterocycles. The summed E-state index contributed by atoms with van der Waals surface area (Å²) < 4.78 is 55.8. The Labute approximate surface area is 77.6 Å². The van der Waals surface area contributed by atoms with Crippen LogP contribution in [0.3, 0.4) is 0 Å². The van der Waals surface area contributed by atoms with Gasteiger partial charge in [0, 0.05) is 7.05 Å². The van der Waals surface area contributed by atoms with Crippen molar-refractivity contribution < 1.29 is 21.2 Å². The first kappa shape index (κ1) is 12.8. The van der Waals surface area contributed by atoms with Crippen LogP contribution in [0.25, 0.3) is 0 Å². The van der Waals surface area contributed by atoms with Gasteiger partial charge in [0.05, 0.1) is 5.75 Å². The molecule has 0 aliphatic rings. The van der Waals surface area contributed by atoms with E-state index >= 15 is 0 Å². The number of hydrogen-bond acceptors (Lipinski definition) is 4. The molecule has 0 N–H and O–H groups in total. The van der Waals surface area contributed by atoms with Crippen molar-refractivity contribution in [2.24, 2.45) is 0 Å².